The maximum atomic E-state index is 13.0. The van der Waals surface area contributed by atoms with Crippen LogP contribution >= 0.6 is 58.0 Å². The molecule has 1 aliphatic carbocycles. The van der Waals surface area contributed by atoms with Gasteiger partial charge in [0, 0.05) is 33.4 Å². The number of carbonyl (C=O) groups is 2. The number of benzene rings is 3. The Morgan fingerprint density at radius 1 is 0.944 bits per heavy atom. The molecule has 4 rings (SSSR count). The zero-order chi connectivity index (χ0) is 26.2. The molecule has 1 aliphatic rings. The molecule has 0 heterocycles. The van der Waals surface area contributed by atoms with Gasteiger partial charge in [0.15, 0.2) is 0 Å². The molecule has 2 N–H and O–H groups in total. The minimum absolute atomic E-state index is 0.120. The summed E-state index contributed by atoms with van der Waals surface area (Å²) in [5.41, 5.74) is 1.81. The highest BCUT2D eigenvalue weighted by Gasteiger charge is 2.67. The quantitative estimate of drug-likeness (QED) is 0.298. The van der Waals surface area contributed by atoms with Crippen LogP contribution in [0.5, 0.6) is 5.75 Å². The standard InChI is InChI=1S/C25H16Cl5N3O3/c1-36-20-10-17(3-2-12(20)11-31)32-23(34)18-9-16(4-5-19(18)28)33-24(35)22-21(25(22,29)30)13-6-14(26)8-15(27)7-13/h2-10,21-22H,1H3,(H,32,34)(H,33,35)/t21?,22-/m0/s1. The molecular weight excluding hydrogens is 568 g/mol. The third-order valence-electron chi connectivity index (χ3n) is 5.64. The first kappa shape index (κ1) is 26.4. The van der Waals surface area contributed by atoms with Crippen LogP contribution in [0, 0.1) is 17.2 Å². The fraction of sp³-hybridized carbons (Fsp3) is 0.160. The van der Waals surface area contributed by atoms with Crippen LogP contribution in [-0.2, 0) is 4.79 Å². The summed E-state index contributed by atoms with van der Waals surface area (Å²) < 4.78 is 3.82. The molecule has 36 heavy (non-hydrogen) atoms. The van der Waals surface area contributed by atoms with E-state index < -0.39 is 28.0 Å². The van der Waals surface area contributed by atoms with E-state index in [9.17, 15) is 9.59 Å². The predicted molar refractivity (Wildman–Crippen MR) is 143 cm³/mol. The summed E-state index contributed by atoms with van der Waals surface area (Å²) in [4.78, 5) is 25.9. The number of rotatable bonds is 6. The second-order valence-corrected chi connectivity index (χ2v) is 10.7. The second kappa shape index (κ2) is 10.4. The summed E-state index contributed by atoms with van der Waals surface area (Å²) >= 11 is 31.2. The van der Waals surface area contributed by atoms with Crippen molar-refractivity contribution < 1.29 is 14.3 Å². The van der Waals surface area contributed by atoms with Gasteiger partial charge in [-0.1, -0.05) is 34.8 Å². The number of hydrogen-bond donors (Lipinski definition) is 2. The molecule has 0 saturated heterocycles. The first-order valence-electron chi connectivity index (χ1n) is 10.4. The number of nitrogens with one attached hydrogen (secondary N) is 2. The van der Waals surface area contributed by atoms with Gasteiger partial charge in [0.1, 0.15) is 16.2 Å². The molecule has 3 aromatic carbocycles. The lowest BCUT2D eigenvalue weighted by atomic mass is 10.1. The Morgan fingerprint density at radius 3 is 2.22 bits per heavy atom. The Kier molecular flexibility index (Phi) is 7.61. The number of methoxy groups -OCH3 is 1. The normalized spacial score (nSPS) is 17.6. The van der Waals surface area contributed by atoms with Gasteiger partial charge >= 0.3 is 0 Å². The van der Waals surface area contributed by atoms with E-state index in [1.165, 1.54) is 31.4 Å². The molecule has 2 atom stereocenters. The van der Waals surface area contributed by atoms with Gasteiger partial charge in [-0.25, -0.2) is 0 Å². The van der Waals surface area contributed by atoms with Gasteiger partial charge in [0.2, 0.25) is 5.91 Å². The molecular formula is C25H16Cl5N3O3. The van der Waals surface area contributed by atoms with Gasteiger partial charge in [-0.15, -0.1) is 23.2 Å². The highest BCUT2D eigenvalue weighted by molar-refractivity contribution is 6.53. The van der Waals surface area contributed by atoms with Gasteiger partial charge in [-0.3, -0.25) is 9.59 Å². The molecule has 0 spiro atoms. The van der Waals surface area contributed by atoms with Crippen LogP contribution in [0.15, 0.2) is 54.6 Å². The molecule has 0 aromatic heterocycles. The molecule has 11 heteroatoms. The van der Waals surface area contributed by atoms with Crippen molar-refractivity contribution in [3.05, 3.63) is 86.4 Å². The first-order valence-corrected chi connectivity index (χ1v) is 12.3. The SMILES string of the molecule is COc1cc(NC(=O)c2cc(NC(=O)[C@@H]3C(c4cc(Cl)cc(Cl)c4)C3(Cl)Cl)ccc2Cl)ccc1C#N. The van der Waals surface area contributed by atoms with Gasteiger partial charge in [0.05, 0.1) is 29.2 Å². The maximum Gasteiger partial charge on any atom is 0.257 e. The van der Waals surface area contributed by atoms with Crippen LogP contribution in [0.3, 0.4) is 0 Å². The summed E-state index contributed by atoms with van der Waals surface area (Å²) in [5, 5.41) is 15.5. The highest BCUT2D eigenvalue weighted by atomic mass is 35.5. The maximum absolute atomic E-state index is 13.0. The molecule has 1 unspecified atom stereocenters. The summed E-state index contributed by atoms with van der Waals surface area (Å²) in [6.45, 7) is 0. The van der Waals surface area contributed by atoms with Crippen molar-refractivity contribution in [2.75, 3.05) is 17.7 Å². The number of amides is 2. The Hall–Kier alpha value is -2.66. The third kappa shape index (κ3) is 5.36. The van der Waals surface area contributed by atoms with Crippen LogP contribution in [0.1, 0.15) is 27.4 Å². The number of ether oxygens (including phenoxy) is 1. The Balaban J connectivity index is 1.51. The Morgan fingerprint density at radius 2 is 1.58 bits per heavy atom. The van der Waals surface area contributed by atoms with E-state index in [0.717, 1.165) is 0 Å². The van der Waals surface area contributed by atoms with E-state index in [-0.39, 0.29) is 10.6 Å². The zero-order valence-corrected chi connectivity index (χ0v) is 22.2. The van der Waals surface area contributed by atoms with Crippen LogP contribution < -0.4 is 15.4 Å². The molecule has 2 amide bonds. The largest absolute Gasteiger partial charge is 0.495 e. The van der Waals surface area contributed by atoms with Gasteiger partial charge in [-0.2, -0.15) is 5.26 Å². The molecule has 1 fully saturated rings. The van der Waals surface area contributed by atoms with E-state index >= 15 is 0 Å². The molecule has 3 aromatic rings. The van der Waals surface area contributed by atoms with Crippen molar-refractivity contribution in [3.8, 4) is 11.8 Å². The van der Waals surface area contributed by atoms with E-state index in [2.05, 4.69) is 10.6 Å². The minimum Gasteiger partial charge on any atom is -0.495 e. The van der Waals surface area contributed by atoms with Crippen molar-refractivity contribution >= 4 is 81.2 Å². The number of hydrogen-bond acceptors (Lipinski definition) is 4. The number of nitriles is 1. The van der Waals surface area contributed by atoms with Crippen LogP contribution in [0.4, 0.5) is 11.4 Å². The summed E-state index contributed by atoms with van der Waals surface area (Å²) in [6, 6.07) is 16.0. The van der Waals surface area contributed by atoms with E-state index in [0.29, 0.717) is 38.3 Å². The summed E-state index contributed by atoms with van der Waals surface area (Å²) in [6.07, 6.45) is 0. The summed E-state index contributed by atoms with van der Waals surface area (Å²) in [5.74, 6) is -1.93. The zero-order valence-electron chi connectivity index (χ0n) is 18.4. The van der Waals surface area contributed by atoms with Gasteiger partial charge in [0.25, 0.3) is 5.91 Å². The number of nitrogens with zero attached hydrogens (tertiary/aromatic N) is 1. The smallest absolute Gasteiger partial charge is 0.257 e. The highest BCUT2D eigenvalue weighted by Crippen LogP contribution is 2.65. The predicted octanol–water partition coefficient (Wildman–Crippen LogP) is 7.31. The number of anilines is 2. The van der Waals surface area contributed by atoms with Gasteiger partial charge in [-0.05, 0) is 54.1 Å². The van der Waals surface area contributed by atoms with Crippen molar-refractivity contribution in [2.24, 2.45) is 5.92 Å². The Labute approximate surface area is 232 Å². The Bertz CT molecular complexity index is 1400. The van der Waals surface area contributed by atoms with E-state index in [4.69, 9.17) is 68.0 Å². The molecule has 184 valence electrons. The molecule has 0 aliphatic heterocycles. The van der Waals surface area contributed by atoms with Crippen molar-refractivity contribution in [3.63, 3.8) is 0 Å². The average molecular weight is 584 g/mol. The molecule has 6 nitrogen and oxygen atoms in total. The number of alkyl halides is 2. The van der Waals surface area contributed by atoms with Crippen molar-refractivity contribution in [1.29, 1.82) is 5.26 Å². The van der Waals surface area contributed by atoms with Crippen molar-refractivity contribution in [1.82, 2.24) is 0 Å². The van der Waals surface area contributed by atoms with Crippen LogP contribution in [-0.4, -0.2) is 23.3 Å². The lowest BCUT2D eigenvalue weighted by Crippen LogP contribution is -2.18. The van der Waals surface area contributed by atoms with E-state index in [1.54, 1.807) is 30.3 Å². The summed E-state index contributed by atoms with van der Waals surface area (Å²) in [7, 11) is 1.42. The second-order valence-electron chi connectivity index (χ2n) is 8.00. The van der Waals surface area contributed by atoms with E-state index in [1.807, 2.05) is 6.07 Å². The number of halogens is 5. The van der Waals surface area contributed by atoms with Crippen LogP contribution in [0.2, 0.25) is 15.1 Å². The average Bonchev–Trinajstić information content (AvgIpc) is 3.41. The topological polar surface area (TPSA) is 91.2 Å². The number of carbonyl (C=O) groups excluding carboxylic acids is 2. The molecule has 0 bridgehead atoms. The van der Waals surface area contributed by atoms with Crippen LogP contribution in [0.25, 0.3) is 0 Å². The first-order chi connectivity index (χ1) is 17.0. The van der Waals surface area contributed by atoms with Gasteiger partial charge < -0.3 is 15.4 Å². The fourth-order valence-corrected chi connectivity index (χ4v) is 5.45. The fourth-order valence-electron chi connectivity index (χ4n) is 3.88. The molecule has 1 saturated carbocycles. The minimum atomic E-state index is -1.35. The lowest BCUT2D eigenvalue weighted by molar-refractivity contribution is -0.117. The van der Waals surface area contributed by atoms with Crippen molar-refractivity contribution in [2.45, 2.75) is 10.3 Å². The monoisotopic (exact) mass is 581 g/mol. The lowest BCUT2D eigenvalue weighted by Gasteiger charge is -2.11. The third-order valence-corrected chi connectivity index (χ3v) is 7.34. The molecule has 0 radical (unpaired) electrons.